The fraction of sp³-hybridized carbons (Fsp3) is 0.286. The number of benzene rings is 1. The second-order valence-electron chi connectivity index (χ2n) is 4.21. The third kappa shape index (κ3) is 2.98. The molecule has 1 nitrogen and oxygen atoms in total. The third-order valence-electron chi connectivity index (χ3n) is 2.88. The molecule has 0 saturated carbocycles. The lowest BCUT2D eigenvalue weighted by Gasteiger charge is -2.11. The molecular weight excluding hydrogens is 273 g/mol. The standard InChI is InChI=1S/C14H13F3OS/c1-2-8-3-4-9(19-8)7-12(18)10-5-6-11(15)14(17)13(10)16/h3-6,12,18H,2,7H2,1H3. The van der Waals surface area contributed by atoms with Gasteiger partial charge in [0.15, 0.2) is 17.5 Å². The number of aliphatic hydroxyl groups excluding tert-OH is 1. The highest BCUT2D eigenvalue weighted by Gasteiger charge is 2.19. The summed E-state index contributed by atoms with van der Waals surface area (Å²) in [6, 6.07) is 5.69. The van der Waals surface area contributed by atoms with Crippen LogP contribution in [0.4, 0.5) is 13.2 Å². The van der Waals surface area contributed by atoms with Gasteiger partial charge >= 0.3 is 0 Å². The van der Waals surface area contributed by atoms with Gasteiger partial charge in [-0.3, -0.25) is 0 Å². The smallest absolute Gasteiger partial charge is 0.194 e. The van der Waals surface area contributed by atoms with Gasteiger partial charge in [-0.1, -0.05) is 13.0 Å². The van der Waals surface area contributed by atoms with E-state index in [4.69, 9.17) is 0 Å². The normalized spacial score (nSPS) is 12.7. The lowest BCUT2D eigenvalue weighted by atomic mass is 10.0. The molecule has 0 spiro atoms. The van der Waals surface area contributed by atoms with Crippen molar-refractivity contribution >= 4 is 11.3 Å². The molecule has 2 aromatic rings. The summed E-state index contributed by atoms with van der Waals surface area (Å²) < 4.78 is 39.4. The Bertz CT molecular complexity index is 580. The number of thiophene rings is 1. The summed E-state index contributed by atoms with van der Waals surface area (Å²) >= 11 is 1.52. The van der Waals surface area contributed by atoms with Gasteiger partial charge in [0, 0.05) is 21.7 Å². The van der Waals surface area contributed by atoms with Crippen LogP contribution in [-0.4, -0.2) is 5.11 Å². The van der Waals surface area contributed by atoms with Crippen molar-refractivity contribution in [2.45, 2.75) is 25.9 Å². The topological polar surface area (TPSA) is 20.2 Å². The van der Waals surface area contributed by atoms with Gasteiger partial charge in [-0.25, -0.2) is 13.2 Å². The van der Waals surface area contributed by atoms with Crippen LogP contribution in [0.5, 0.6) is 0 Å². The minimum absolute atomic E-state index is 0.187. The highest BCUT2D eigenvalue weighted by Crippen LogP contribution is 2.27. The molecule has 1 N–H and O–H groups in total. The molecule has 0 saturated heterocycles. The van der Waals surface area contributed by atoms with Crippen LogP contribution in [0.3, 0.4) is 0 Å². The highest BCUT2D eigenvalue weighted by molar-refractivity contribution is 7.11. The van der Waals surface area contributed by atoms with Gasteiger partial charge in [-0.2, -0.15) is 0 Å². The summed E-state index contributed by atoms with van der Waals surface area (Å²) in [5.74, 6) is -4.12. The number of hydrogen-bond donors (Lipinski definition) is 1. The van der Waals surface area contributed by atoms with E-state index in [1.54, 1.807) is 0 Å². The first-order valence-electron chi connectivity index (χ1n) is 5.92. The Kier molecular flexibility index (Phi) is 4.27. The molecule has 0 fully saturated rings. The summed E-state index contributed by atoms with van der Waals surface area (Å²) in [6.07, 6.45) is -0.106. The quantitative estimate of drug-likeness (QED) is 0.842. The molecule has 0 aliphatic heterocycles. The van der Waals surface area contributed by atoms with Gasteiger partial charge in [-0.15, -0.1) is 11.3 Å². The Morgan fingerprint density at radius 3 is 2.37 bits per heavy atom. The molecule has 0 aliphatic rings. The van der Waals surface area contributed by atoms with Crippen molar-refractivity contribution < 1.29 is 18.3 Å². The van der Waals surface area contributed by atoms with E-state index >= 15 is 0 Å². The van der Waals surface area contributed by atoms with Gasteiger partial charge in [0.1, 0.15) is 0 Å². The third-order valence-corrected chi connectivity index (χ3v) is 4.14. The molecule has 1 atom stereocenters. The molecule has 0 radical (unpaired) electrons. The Balaban J connectivity index is 2.20. The van der Waals surface area contributed by atoms with Crippen molar-refractivity contribution in [2.24, 2.45) is 0 Å². The van der Waals surface area contributed by atoms with E-state index < -0.39 is 23.6 Å². The van der Waals surface area contributed by atoms with E-state index in [-0.39, 0.29) is 12.0 Å². The number of halogens is 3. The second kappa shape index (κ2) is 5.75. The summed E-state index contributed by atoms with van der Waals surface area (Å²) in [4.78, 5) is 2.04. The number of hydrogen-bond acceptors (Lipinski definition) is 2. The zero-order valence-corrected chi connectivity index (χ0v) is 11.1. The van der Waals surface area contributed by atoms with Crippen molar-refractivity contribution in [3.8, 4) is 0 Å². The van der Waals surface area contributed by atoms with Crippen LogP contribution in [0.1, 0.15) is 28.3 Å². The maximum atomic E-state index is 13.5. The zero-order chi connectivity index (χ0) is 14.0. The first-order chi connectivity index (χ1) is 9.02. The molecule has 1 heterocycles. The minimum atomic E-state index is -1.54. The molecule has 2 rings (SSSR count). The lowest BCUT2D eigenvalue weighted by Crippen LogP contribution is -2.06. The van der Waals surface area contributed by atoms with E-state index in [1.165, 1.54) is 11.3 Å². The van der Waals surface area contributed by atoms with E-state index in [2.05, 4.69) is 0 Å². The Morgan fingerprint density at radius 1 is 1.05 bits per heavy atom. The van der Waals surface area contributed by atoms with Gasteiger partial charge in [0.25, 0.3) is 0 Å². The van der Waals surface area contributed by atoms with Crippen LogP contribution in [0, 0.1) is 17.5 Å². The van der Waals surface area contributed by atoms with Crippen LogP contribution in [-0.2, 0) is 12.8 Å². The van der Waals surface area contributed by atoms with Crippen molar-refractivity contribution in [1.82, 2.24) is 0 Å². The SMILES string of the molecule is CCc1ccc(CC(O)c2ccc(F)c(F)c2F)s1. The van der Waals surface area contributed by atoms with Crippen LogP contribution in [0.15, 0.2) is 24.3 Å². The molecule has 0 bridgehead atoms. The van der Waals surface area contributed by atoms with E-state index in [1.807, 2.05) is 19.1 Å². The van der Waals surface area contributed by atoms with Crippen LogP contribution >= 0.6 is 11.3 Å². The van der Waals surface area contributed by atoms with E-state index in [0.717, 1.165) is 28.3 Å². The van der Waals surface area contributed by atoms with Crippen molar-refractivity contribution in [2.75, 3.05) is 0 Å². The minimum Gasteiger partial charge on any atom is -0.388 e. The summed E-state index contributed by atoms with van der Waals surface area (Å²) in [5, 5.41) is 9.93. The molecule has 102 valence electrons. The summed E-state index contributed by atoms with van der Waals surface area (Å²) in [7, 11) is 0. The van der Waals surface area contributed by atoms with Crippen LogP contribution in [0.2, 0.25) is 0 Å². The zero-order valence-electron chi connectivity index (χ0n) is 10.3. The molecule has 0 aliphatic carbocycles. The van der Waals surface area contributed by atoms with E-state index in [9.17, 15) is 18.3 Å². The largest absolute Gasteiger partial charge is 0.388 e. The van der Waals surface area contributed by atoms with Crippen molar-refractivity contribution in [3.63, 3.8) is 0 Å². The molecule has 1 aromatic heterocycles. The first kappa shape index (κ1) is 14.1. The fourth-order valence-corrected chi connectivity index (χ4v) is 2.82. The number of aliphatic hydroxyl groups is 1. The average Bonchev–Trinajstić information content (AvgIpc) is 2.83. The second-order valence-corrected chi connectivity index (χ2v) is 5.46. The van der Waals surface area contributed by atoms with Crippen LogP contribution < -0.4 is 0 Å². The molecule has 19 heavy (non-hydrogen) atoms. The van der Waals surface area contributed by atoms with E-state index in [0.29, 0.717) is 0 Å². The maximum Gasteiger partial charge on any atom is 0.194 e. The highest BCUT2D eigenvalue weighted by atomic mass is 32.1. The summed E-state index contributed by atoms with van der Waals surface area (Å²) in [6.45, 7) is 2.01. The maximum absolute atomic E-state index is 13.5. The number of aryl methyl sites for hydroxylation is 1. The first-order valence-corrected chi connectivity index (χ1v) is 6.73. The monoisotopic (exact) mass is 286 g/mol. The Morgan fingerprint density at radius 2 is 1.74 bits per heavy atom. The molecule has 5 heteroatoms. The van der Waals surface area contributed by atoms with Gasteiger partial charge in [0.2, 0.25) is 0 Å². The molecule has 1 unspecified atom stereocenters. The van der Waals surface area contributed by atoms with Crippen molar-refractivity contribution in [1.29, 1.82) is 0 Å². The molecular formula is C14H13F3OS. The van der Waals surface area contributed by atoms with Gasteiger partial charge in [-0.05, 0) is 24.6 Å². The van der Waals surface area contributed by atoms with Crippen LogP contribution in [0.25, 0.3) is 0 Å². The van der Waals surface area contributed by atoms with Crippen molar-refractivity contribution in [3.05, 3.63) is 57.0 Å². The Hall–Kier alpha value is -1.33. The molecule has 1 aromatic carbocycles. The fourth-order valence-electron chi connectivity index (χ4n) is 1.82. The average molecular weight is 286 g/mol. The summed E-state index contributed by atoms with van der Waals surface area (Å²) in [5.41, 5.74) is -0.217. The van der Waals surface area contributed by atoms with Gasteiger partial charge in [0.05, 0.1) is 6.10 Å². The predicted molar refractivity (Wildman–Crippen MR) is 68.7 cm³/mol. The Labute approximate surface area is 113 Å². The lowest BCUT2D eigenvalue weighted by molar-refractivity contribution is 0.173. The van der Waals surface area contributed by atoms with Gasteiger partial charge < -0.3 is 5.11 Å². The predicted octanol–water partition coefficient (Wildman–Crippen LogP) is 4.00. The molecule has 0 amide bonds. The number of rotatable bonds is 4.